The molecular formula is C23H17NO2S. The Morgan fingerprint density at radius 3 is 2.19 bits per heavy atom. The Balaban J connectivity index is 1.72. The van der Waals surface area contributed by atoms with Gasteiger partial charge in [0, 0.05) is 21.4 Å². The van der Waals surface area contributed by atoms with Crippen LogP contribution in [0.4, 0.5) is 5.69 Å². The molecule has 1 aliphatic heterocycles. The molecule has 0 N–H and O–H groups in total. The van der Waals surface area contributed by atoms with Crippen LogP contribution >= 0.6 is 11.8 Å². The molecule has 0 radical (unpaired) electrons. The van der Waals surface area contributed by atoms with Crippen molar-refractivity contribution >= 4 is 34.0 Å². The van der Waals surface area contributed by atoms with Gasteiger partial charge in [-0.3, -0.25) is 14.5 Å². The summed E-state index contributed by atoms with van der Waals surface area (Å²) in [6.45, 7) is 0.0129. The number of para-hydroxylation sites is 1. The van der Waals surface area contributed by atoms with Gasteiger partial charge < -0.3 is 0 Å². The van der Waals surface area contributed by atoms with Crippen molar-refractivity contribution in [2.45, 2.75) is 4.90 Å². The largest absolute Gasteiger partial charge is 0.300 e. The van der Waals surface area contributed by atoms with Crippen molar-refractivity contribution in [1.82, 2.24) is 0 Å². The minimum atomic E-state index is -0.185. The number of Topliss-reactive ketones (excluding diaryl/α,β-unsaturated/α-hetero) is 1. The van der Waals surface area contributed by atoms with Crippen LogP contribution in [0.3, 0.4) is 0 Å². The summed E-state index contributed by atoms with van der Waals surface area (Å²) in [5, 5.41) is 0. The molecule has 1 aliphatic rings. The summed E-state index contributed by atoms with van der Waals surface area (Å²) in [6, 6.07) is 26.6. The van der Waals surface area contributed by atoms with Gasteiger partial charge in [-0.2, -0.15) is 0 Å². The highest BCUT2D eigenvalue weighted by molar-refractivity contribution is 8.08. The number of hydrogen-bond acceptors (Lipinski definition) is 3. The van der Waals surface area contributed by atoms with Gasteiger partial charge in [0.2, 0.25) is 0 Å². The minimum absolute atomic E-state index is 0.0129. The minimum Gasteiger partial charge on any atom is -0.300 e. The van der Waals surface area contributed by atoms with E-state index in [1.165, 1.54) is 0 Å². The number of ketones is 1. The molecule has 0 saturated carbocycles. The van der Waals surface area contributed by atoms with Crippen molar-refractivity contribution in [3.63, 3.8) is 0 Å². The summed E-state index contributed by atoms with van der Waals surface area (Å²) in [5.74, 6) is -0.268. The van der Waals surface area contributed by atoms with E-state index in [1.54, 1.807) is 34.9 Å². The number of hydrogen-bond donors (Lipinski definition) is 0. The molecule has 0 atom stereocenters. The number of thioether (sulfide) groups is 1. The maximum Gasteiger partial charge on any atom is 0.252 e. The van der Waals surface area contributed by atoms with Crippen LogP contribution in [0.1, 0.15) is 15.9 Å². The van der Waals surface area contributed by atoms with Crippen LogP contribution in [-0.2, 0) is 4.79 Å². The van der Waals surface area contributed by atoms with Gasteiger partial charge in [-0.25, -0.2) is 0 Å². The average molecular weight is 371 g/mol. The molecule has 132 valence electrons. The van der Waals surface area contributed by atoms with E-state index in [0.717, 1.165) is 21.1 Å². The molecular weight excluding hydrogens is 354 g/mol. The molecule has 1 heterocycles. The van der Waals surface area contributed by atoms with Crippen LogP contribution in [0.15, 0.2) is 95.9 Å². The molecule has 0 unspecified atom stereocenters. The Hall–Kier alpha value is -3.11. The number of carbonyl (C=O) groups excluding carboxylic acids is 2. The van der Waals surface area contributed by atoms with E-state index >= 15 is 0 Å². The second-order valence-corrected chi connectivity index (χ2v) is 7.24. The van der Waals surface area contributed by atoms with Gasteiger partial charge in [-0.1, -0.05) is 84.6 Å². The molecule has 0 spiro atoms. The fourth-order valence-electron chi connectivity index (χ4n) is 2.99. The summed E-state index contributed by atoms with van der Waals surface area (Å²) in [5.41, 5.74) is 2.35. The smallest absolute Gasteiger partial charge is 0.252 e. The highest BCUT2D eigenvalue weighted by atomic mass is 32.2. The Labute approximate surface area is 162 Å². The first-order valence-electron chi connectivity index (χ1n) is 8.66. The lowest BCUT2D eigenvalue weighted by Crippen LogP contribution is -2.34. The first-order chi connectivity index (χ1) is 13.2. The van der Waals surface area contributed by atoms with Gasteiger partial charge in [0.1, 0.15) is 0 Å². The van der Waals surface area contributed by atoms with E-state index in [9.17, 15) is 9.59 Å². The number of amides is 1. The molecule has 3 aromatic rings. The molecule has 0 saturated heterocycles. The van der Waals surface area contributed by atoms with E-state index < -0.39 is 0 Å². The molecule has 0 aromatic heterocycles. The third-order valence-electron chi connectivity index (χ3n) is 4.35. The van der Waals surface area contributed by atoms with Gasteiger partial charge >= 0.3 is 0 Å². The van der Waals surface area contributed by atoms with E-state index in [4.69, 9.17) is 0 Å². The van der Waals surface area contributed by atoms with Crippen LogP contribution in [-0.4, -0.2) is 18.2 Å². The number of anilines is 1. The molecule has 0 aliphatic carbocycles. The number of benzene rings is 3. The first-order valence-corrected chi connectivity index (χ1v) is 9.48. The second-order valence-electron chi connectivity index (χ2n) is 6.16. The molecule has 0 fully saturated rings. The summed E-state index contributed by atoms with van der Waals surface area (Å²) in [6.07, 6.45) is 1.62. The predicted octanol–water partition coefficient (Wildman–Crippen LogP) is 5.05. The molecule has 3 nitrogen and oxygen atoms in total. The topological polar surface area (TPSA) is 37.4 Å². The van der Waals surface area contributed by atoms with Crippen molar-refractivity contribution in [2.75, 3.05) is 11.4 Å². The molecule has 4 rings (SSSR count). The van der Waals surface area contributed by atoms with Crippen LogP contribution in [0.2, 0.25) is 0 Å². The zero-order valence-electron chi connectivity index (χ0n) is 14.5. The zero-order chi connectivity index (χ0) is 18.6. The van der Waals surface area contributed by atoms with E-state index in [1.807, 2.05) is 72.8 Å². The highest BCUT2D eigenvalue weighted by Crippen LogP contribution is 2.42. The van der Waals surface area contributed by atoms with Gasteiger partial charge in [0.05, 0.1) is 12.2 Å². The molecule has 4 heteroatoms. The molecule has 3 aromatic carbocycles. The Morgan fingerprint density at radius 1 is 0.815 bits per heavy atom. The average Bonchev–Trinajstić information content (AvgIpc) is 2.86. The number of rotatable bonds is 4. The zero-order valence-corrected chi connectivity index (χ0v) is 15.4. The maximum absolute atomic E-state index is 13.0. The molecule has 1 amide bonds. The van der Waals surface area contributed by atoms with Crippen molar-refractivity contribution in [1.29, 1.82) is 0 Å². The lowest BCUT2D eigenvalue weighted by atomic mass is 10.1. The monoisotopic (exact) mass is 371 g/mol. The van der Waals surface area contributed by atoms with Gasteiger partial charge in [0.15, 0.2) is 5.78 Å². The van der Waals surface area contributed by atoms with E-state index in [-0.39, 0.29) is 18.2 Å². The fourth-order valence-corrected chi connectivity index (χ4v) is 4.07. The van der Waals surface area contributed by atoms with E-state index in [2.05, 4.69) is 0 Å². The third-order valence-corrected chi connectivity index (χ3v) is 5.49. The van der Waals surface area contributed by atoms with Gasteiger partial charge in [-0.05, 0) is 17.7 Å². The third kappa shape index (κ3) is 3.71. The van der Waals surface area contributed by atoms with Gasteiger partial charge in [0.25, 0.3) is 5.91 Å². The molecule has 0 bridgehead atoms. The lowest BCUT2D eigenvalue weighted by molar-refractivity contribution is -0.114. The normalized spacial score (nSPS) is 13.6. The number of fused-ring (bicyclic) bond motifs is 1. The summed E-state index contributed by atoms with van der Waals surface area (Å²) in [4.78, 5) is 29.1. The SMILES string of the molecule is O=C(CN1C(=O)C=C(c2ccccc2)Sc2ccccc21)c1ccccc1. The number of carbonyl (C=O) groups is 2. The van der Waals surface area contributed by atoms with Crippen LogP contribution < -0.4 is 4.90 Å². The predicted molar refractivity (Wildman–Crippen MR) is 110 cm³/mol. The van der Waals surface area contributed by atoms with Gasteiger partial charge in [-0.15, -0.1) is 0 Å². The standard InChI is InChI=1S/C23H17NO2S/c25-20(17-9-3-1-4-10-17)16-24-19-13-7-8-14-21(19)27-22(15-23(24)26)18-11-5-2-6-12-18/h1-15H,16H2. The fraction of sp³-hybridized carbons (Fsp3) is 0.0435. The Bertz CT molecular complexity index is 1010. The van der Waals surface area contributed by atoms with Crippen molar-refractivity contribution in [3.8, 4) is 0 Å². The molecule has 27 heavy (non-hydrogen) atoms. The number of nitrogens with zero attached hydrogens (tertiary/aromatic N) is 1. The van der Waals surface area contributed by atoms with Crippen molar-refractivity contribution < 1.29 is 9.59 Å². The second kappa shape index (κ2) is 7.64. The van der Waals surface area contributed by atoms with Crippen molar-refractivity contribution in [3.05, 3.63) is 102 Å². The van der Waals surface area contributed by atoms with Crippen LogP contribution in [0.5, 0.6) is 0 Å². The summed E-state index contributed by atoms with van der Waals surface area (Å²) in [7, 11) is 0. The highest BCUT2D eigenvalue weighted by Gasteiger charge is 2.25. The van der Waals surface area contributed by atoms with Crippen LogP contribution in [0, 0.1) is 0 Å². The van der Waals surface area contributed by atoms with Crippen LogP contribution in [0.25, 0.3) is 4.91 Å². The van der Waals surface area contributed by atoms with Crippen molar-refractivity contribution in [2.24, 2.45) is 0 Å². The maximum atomic E-state index is 13.0. The first kappa shape index (κ1) is 17.3. The Kier molecular flexibility index (Phi) is 4.90. The quantitative estimate of drug-likeness (QED) is 0.602. The van der Waals surface area contributed by atoms with E-state index in [0.29, 0.717) is 5.56 Å². The lowest BCUT2D eigenvalue weighted by Gasteiger charge is -2.21. The summed E-state index contributed by atoms with van der Waals surface area (Å²) < 4.78 is 0. The summed E-state index contributed by atoms with van der Waals surface area (Å²) >= 11 is 1.55. The Morgan fingerprint density at radius 2 is 1.44 bits per heavy atom.